The molecule has 1 aliphatic rings. The molecule has 20 heavy (non-hydrogen) atoms. The highest BCUT2D eigenvalue weighted by atomic mass is 32.2. The molecule has 2 rings (SSSR count). The van der Waals surface area contributed by atoms with E-state index in [0.29, 0.717) is 5.75 Å². The second-order valence-corrected chi connectivity index (χ2v) is 6.92. The van der Waals surface area contributed by atoms with Crippen LogP contribution in [0.25, 0.3) is 0 Å². The summed E-state index contributed by atoms with van der Waals surface area (Å²) in [6.07, 6.45) is 0.956. The smallest absolute Gasteiger partial charge is 0.244 e. The largest absolute Gasteiger partial charge is 0.497 e. The zero-order valence-electron chi connectivity index (χ0n) is 12.2. The Balaban J connectivity index is 2.36. The molecule has 0 radical (unpaired) electrons. The van der Waals surface area contributed by atoms with Crippen molar-refractivity contribution < 1.29 is 9.53 Å². The topological polar surface area (TPSA) is 64.3 Å². The Labute approximate surface area is 124 Å². The van der Waals surface area contributed by atoms with Crippen LogP contribution in [0.2, 0.25) is 0 Å². The molecule has 0 aromatic heterocycles. The first-order chi connectivity index (χ1) is 9.41. The Bertz CT molecular complexity index is 504. The van der Waals surface area contributed by atoms with Crippen molar-refractivity contribution in [1.29, 1.82) is 0 Å². The number of primary amides is 1. The van der Waals surface area contributed by atoms with Gasteiger partial charge in [-0.25, -0.2) is 0 Å². The highest BCUT2D eigenvalue weighted by Gasteiger charge is 2.51. The van der Waals surface area contributed by atoms with Crippen LogP contribution < -0.4 is 15.8 Å². The number of amides is 1. The van der Waals surface area contributed by atoms with Crippen molar-refractivity contribution in [3.05, 3.63) is 24.3 Å². The fourth-order valence-corrected chi connectivity index (χ4v) is 4.29. The summed E-state index contributed by atoms with van der Waals surface area (Å²) < 4.78 is 5.23. The van der Waals surface area contributed by atoms with E-state index in [1.165, 1.54) is 0 Å². The van der Waals surface area contributed by atoms with Gasteiger partial charge < -0.3 is 15.8 Å². The predicted octanol–water partition coefficient (Wildman–Crippen LogP) is 2.49. The molecular weight excluding hydrogens is 272 g/mol. The minimum absolute atomic E-state index is 0.187. The summed E-state index contributed by atoms with van der Waals surface area (Å²) in [4.78, 5) is 12.2. The lowest BCUT2D eigenvalue weighted by atomic mass is 9.70. The summed E-state index contributed by atoms with van der Waals surface area (Å²) in [5.41, 5.74) is 5.69. The van der Waals surface area contributed by atoms with Crippen LogP contribution in [0.1, 0.15) is 20.3 Å². The minimum atomic E-state index is -0.734. The second-order valence-electron chi connectivity index (χ2n) is 5.81. The third-order valence-electron chi connectivity index (χ3n) is 4.19. The van der Waals surface area contributed by atoms with Gasteiger partial charge in [-0.15, -0.1) is 0 Å². The lowest BCUT2D eigenvalue weighted by Gasteiger charge is -2.48. The zero-order valence-corrected chi connectivity index (χ0v) is 13.0. The van der Waals surface area contributed by atoms with Gasteiger partial charge in [0.1, 0.15) is 11.3 Å². The first-order valence-electron chi connectivity index (χ1n) is 6.71. The number of anilines is 1. The second kappa shape index (κ2) is 5.56. The van der Waals surface area contributed by atoms with Crippen LogP contribution in [0.4, 0.5) is 5.69 Å². The van der Waals surface area contributed by atoms with E-state index < -0.39 is 5.54 Å². The van der Waals surface area contributed by atoms with E-state index in [9.17, 15) is 4.79 Å². The molecule has 110 valence electrons. The molecule has 1 heterocycles. The van der Waals surface area contributed by atoms with Crippen LogP contribution in [-0.2, 0) is 4.79 Å². The van der Waals surface area contributed by atoms with E-state index in [1.807, 2.05) is 24.3 Å². The number of nitrogens with one attached hydrogen (secondary N) is 1. The quantitative estimate of drug-likeness (QED) is 0.895. The maximum absolute atomic E-state index is 12.2. The molecule has 0 spiro atoms. The van der Waals surface area contributed by atoms with Crippen molar-refractivity contribution in [1.82, 2.24) is 0 Å². The van der Waals surface area contributed by atoms with Gasteiger partial charge in [0.05, 0.1) is 7.11 Å². The molecule has 1 aliphatic heterocycles. The summed E-state index contributed by atoms with van der Waals surface area (Å²) in [5, 5.41) is 3.38. The van der Waals surface area contributed by atoms with Gasteiger partial charge in [0, 0.05) is 17.5 Å². The monoisotopic (exact) mass is 294 g/mol. The van der Waals surface area contributed by atoms with Crippen molar-refractivity contribution in [2.75, 3.05) is 23.9 Å². The van der Waals surface area contributed by atoms with Crippen molar-refractivity contribution in [3.63, 3.8) is 0 Å². The molecule has 1 unspecified atom stereocenters. The predicted molar refractivity (Wildman–Crippen MR) is 84.3 cm³/mol. The first-order valence-corrected chi connectivity index (χ1v) is 7.87. The Morgan fingerprint density at radius 2 is 2.20 bits per heavy atom. The Kier molecular flexibility index (Phi) is 4.18. The van der Waals surface area contributed by atoms with Crippen molar-refractivity contribution in [2.45, 2.75) is 25.8 Å². The molecular formula is C15H22N2O2S. The maximum atomic E-state index is 12.2. The third kappa shape index (κ3) is 2.59. The first kappa shape index (κ1) is 15.0. The number of methoxy groups -OCH3 is 1. The summed E-state index contributed by atoms with van der Waals surface area (Å²) in [6.45, 7) is 4.20. The molecule has 0 saturated carbocycles. The van der Waals surface area contributed by atoms with Gasteiger partial charge in [-0.1, -0.05) is 19.9 Å². The van der Waals surface area contributed by atoms with Crippen molar-refractivity contribution in [2.24, 2.45) is 11.1 Å². The van der Waals surface area contributed by atoms with Gasteiger partial charge in [-0.2, -0.15) is 11.8 Å². The number of hydrogen-bond donors (Lipinski definition) is 2. The van der Waals surface area contributed by atoms with E-state index >= 15 is 0 Å². The van der Waals surface area contributed by atoms with E-state index in [-0.39, 0.29) is 11.3 Å². The average Bonchev–Trinajstić information content (AvgIpc) is 2.41. The lowest BCUT2D eigenvalue weighted by molar-refractivity contribution is -0.125. The Morgan fingerprint density at radius 3 is 2.80 bits per heavy atom. The fourth-order valence-electron chi connectivity index (χ4n) is 2.58. The number of thioether (sulfide) groups is 1. The molecule has 5 heteroatoms. The lowest BCUT2D eigenvalue weighted by Crippen LogP contribution is -2.63. The van der Waals surface area contributed by atoms with Crippen LogP contribution in [0, 0.1) is 5.41 Å². The van der Waals surface area contributed by atoms with Gasteiger partial charge in [0.25, 0.3) is 0 Å². The average molecular weight is 294 g/mol. The van der Waals surface area contributed by atoms with Crippen LogP contribution >= 0.6 is 11.8 Å². The van der Waals surface area contributed by atoms with E-state index in [4.69, 9.17) is 10.5 Å². The number of carbonyl (C=O) groups is 1. The maximum Gasteiger partial charge on any atom is 0.244 e. The molecule has 0 bridgehead atoms. The number of benzene rings is 1. The SMILES string of the molecule is COc1cccc(NC2(C(N)=O)CSCCC2(C)C)c1. The highest BCUT2D eigenvalue weighted by Crippen LogP contribution is 2.44. The van der Waals surface area contributed by atoms with E-state index in [0.717, 1.165) is 23.6 Å². The molecule has 1 atom stereocenters. The molecule has 1 aromatic rings. The molecule has 4 nitrogen and oxygen atoms in total. The van der Waals surface area contributed by atoms with Crippen LogP contribution in [0.15, 0.2) is 24.3 Å². The minimum Gasteiger partial charge on any atom is -0.497 e. The molecule has 1 aromatic carbocycles. The number of hydrogen-bond acceptors (Lipinski definition) is 4. The van der Waals surface area contributed by atoms with Crippen LogP contribution in [0.3, 0.4) is 0 Å². The van der Waals surface area contributed by atoms with Gasteiger partial charge >= 0.3 is 0 Å². The number of ether oxygens (including phenoxy) is 1. The Hall–Kier alpha value is -1.36. The van der Waals surface area contributed by atoms with Gasteiger partial charge in [-0.3, -0.25) is 4.79 Å². The molecule has 0 aliphatic carbocycles. The molecule has 1 saturated heterocycles. The highest BCUT2D eigenvalue weighted by molar-refractivity contribution is 7.99. The standard InChI is InChI=1S/C15H22N2O2S/c1-14(2)7-8-20-10-15(14,13(16)18)17-11-5-4-6-12(9-11)19-3/h4-6,9,17H,7-8,10H2,1-3H3,(H2,16,18). The normalized spacial score (nSPS) is 24.9. The van der Waals surface area contributed by atoms with Crippen LogP contribution in [-0.4, -0.2) is 30.1 Å². The zero-order chi connectivity index (χ0) is 14.8. The summed E-state index contributed by atoms with van der Waals surface area (Å²) in [6, 6.07) is 7.60. The van der Waals surface area contributed by atoms with Gasteiger partial charge in [0.15, 0.2) is 0 Å². The van der Waals surface area contributed by atoms with Gasteiger partial charge in [-0.05, 0) is 29.7 Å². The summed E-state index contributed by atoms with van der Waals surface area (Å²) in [7, 11) is 1.63. The molecule has 1 amide bonds. The molecule has 1 fully saturated rings. The van der Waals surface area contributed by atoms with Crippen molar-refractivity contribution in [3.8, 4) is 5.75 Å². The van der Waals surface area contributed by atoms with Crippen molar-refractivity contribution >= 4 is 23.4 Å². The number of nitrogens with two attached hydrogens (primary N) is 1. The van der Waals surface area contributed by atoms with E-state index in [2.05, 4.69) is 19.2 Å². The van der Waals surface area contributed by atoms with Gasteiger partial charge in [0.2, 0.25) is 5.91 Å². The van der Waals surface area contributed by atoms with Crippen LogP contribution in [0.5, 0.6) is 5.75 Å². The summed E-state index contributed by atoms with van der Waals surface area (Å²) in [5.74, 6) is 2.21. The Morgan fingerprint density at radius 1 is 1.45 bits per heavy atom. The fraction of sp³-hybridized carbons (Fsp3) is 0.533. The number of rotatable bonds is 4. The third-order valence-corrected chi connectivity index (χ3v) is 5.32. The summed E-state index contributed by atoms with van der Waals surface area (Å²) >= 11 is 1.77. The molecule has 3 N–H and O–H groups in total. The number of carbonyl (C=O) groups excluding carboxylic acids is 1. The van der Waals surface area contributed by atoms with E-state index in [1.54, 1.807) is 18.9 Å².